The zero-order chi connectivity index (χ0) is 33.5. The molecule has 0 radical (unpaired) electrons. The largest absolute Gasteiger partial charge is 0.493 e. The van der Waals surface area contributed by atoms with Crippen LogP contribution in [0.5, 0.6) is 11.5 Å². The number of methoxy groups -OCH3 is 1. The minimum absolute atomic E-state index is 0.0443. The maximum absolute atomic E-state index is 14.1. The van der Waals surface area contributed by atoms with Crippen LogP contribution in [0.15, 0.2) is 31.0 Å². The summed E-state index contributed by atoms with van der Waals surface area (Å²) in [6, 6.07) is 2.68. The average Bonchev–Trinajstić information content (AvgIpc) is 3.41. The molecule has 0 spiro atoms. The Kier molecular flexibility index (Phi) is 11.0. The first-order chi connectivity index (χ1) is 22.7. The van der Waals surface area contributed by atoms with Crippen LogP contribution in [-0.4, -0.2) is 95.5 Å². The van der Waals surface area contributed by atoms with Crippen LogP contribution in [0.25, 0.3) is 0 Å². The van der Waals surface area contributed by atoms with Crippen molar-refractivity contribution in [3.63, 3.8) is 0 Å². The molecule has 2 aromatic rings. The molecule has 2 fully saturated rings. The molecule has 1 aromatic heterocycles. The second kappa shape index (κ2) is 15.3. The third-order valence-corrected chi connectivity index (χ3v) is 8.26. The SMILES string of the molecule is C=CCOC(=O)N1c2cc(OCCCC(=O)Nc3cn(C)c(C(=O)O)n3)c(OC)cc2C(=O)N2CCCC[C@H]2C1OC1CCCCO1. The van der Waals surface area contributed by atoms with Crippen LogP contribution in [0.4, 0.5) is 16.3 Å². The molecule has 1 aromatic carbocycles. The highest BCUT2D eigenvalue weighted by atomic mass is 16.7. The Bertz CT molecular complexity index is 1490. The molecule has 3 aliphatic heterocycles. The Hall–Kier alpha value is -4.63. The Balaban J connectivity index is 1.39. The van der Waals surface area contributed by atoms with Gasteiger partial charge in [-0.25, -0.2) is 19.5 Å². The number of piperidine rings is 1. The number of aryl methyl sites for hydroxylation is 1. The molecule has 15 heteroatoms. The minimum Gasteiger partial charge on any atom is -0.493 e. The van der Waals surface area contributed by atoms with E-state index in [1.807, 2.05) is 0 Å². The maximum Gasteiger partial charge on any atom is 0.416 e. The van der Waals surface area contributed by atoms with Gasteiger partial charge in [-0.15, -0.1) is 0 Å². The Morgan fingerprint density at radius 1 is 1.17 bits per heavy atom. The van der Waals surface area contributed by atoms with Crippen molar-refractivity contribution in [1.82, 2.24) is 14.5 Å². The predicted octanol–water partition coefficient (Wildman–Crippen LogP) is 3.93. The fraction of sp³-hybridized carbons (Fsp3) is 0.531. The molecule has 0 bridgehead atoms. The first kappa shape index (κ1) is 33.7. The van der Waals surface area contributed by atoms with Crippen LogP contribution in [0.1, 0.15) is 72.3 Å². The van der Waals surface area contributed by atoms with Crippen molar-refractivity contribution in [2.24, 2.45) is 7.05 Å². The van der Waals surface area contributed by atoms with Gasteiger partial charge >= 0.3 is 12.1 Å². The van der Waals surface area contributed by atoms with E-state index in [9.17, 15) is 24.3 Å². The normalized spacial score (nSPS) is 20.8. The van der Waals surface area contributed by atoms with Gasteiger partial charge in [-0.1, -0.05) is 12.7 Å². The first-order valence-corrected chi connectivity index (χ1v) is 15.8. The van der Waals surface area contributed by atoms with Gasteiger partial charge in [-0.3, -0.25) is 9.59 Å². The fourth-order valence-electron chi connectivity index (χ4n) is 6.04. The lowest BCUT2D eigenvalue weighted by Gasteiger charge is -2.42. The summed E-state index contributed by atoms with van der Waals surface area (Å²) in [4.78, 5) is 58.6. The van der Waals surface area contributed by atoms with Crippen LogP contribution in [-0.2, 0) is 26.1 Å². The summed E-state index contributed by atoms with van der Waals surface area (Å²) in [6.45, 7) is 4.74. The molecule has 47 heavy (non-hydrogen) atoms. The minimum atomic E-state index is -1.21. The third kappa shape index (κ3) is 7.68. The number of anilines is 2. The van der Waals surface area contributed by atoms with Crippen molar-refractivity contribution in [1.29, 1.82) is 0 Å². The van der Waals surface area contributed by atoms with Crippen LogP contribution < -0.4 is 19.7 Å². The van der Waals surface area contributed by atoms with Crippen molar-refractivity contribution >= 4 is 35.4 Å². The number of nitrogens with zero attached hydrogens (tertiary/aromatic N) is 4. The van der Waals surface area contributed by atoms with Gasteiger partial charge in [0, 0.05) is 38.9 Å². The van der Waals surface area contributed by atoms with E-state index >= 15 is 0 Å². The van der Waals surface area contributed by atoms with E-state index in [1.165, 1.54) is 35.9 Å². The van der Waals surface area contributed by atoms with Gasteiger partial charge in [0.2, 0.25) is 11.7 Å². The van der Waals surface area contributed by atoms with Crippen LogP contribution >= 0.6 is 0 Å². The summed E-state index contributed by atoms with van der Waals surface area (Å²) in [5.74, 6) is -1.38. The highest BCUT2D eigenvalue weighted by molar-refractivity contribution is 6.06. The number of amides is 3. The van der Waals surface area contributed by atoms with E-state index < -0.39 is 30.6 Å². The maximum atomic E-state index is 14.1. The molecule has 2 unspecified atom stereocenters. The quantitative estimate of drug-likeness (QED) is 0.251. The Morgan fingerprint density at radius 3 is 2.68 bits per heavy atom. The Labute approximate surface area is 272 Å². The van der Waals surface area contributed by atoms with Crippen molar-refractivity contribution in [2.45, 2.75) is 69.9 Å². The van der Waals surface area contributed by atoms with Crippen molar-refractivity contribution in [2.75, 3.05) is 43.7 Å². The first-order valence-electron chi connectivity index (χ1n) is 15.8. The van der Waals surface area contributed by atoms with Gasteiger partial charge in [0.15, 0.2) is 29.8 Å². The number of aromatic nitrogens is 2. The summed E-state index contributed by atoms with van der Waals surface area (Å²) in [5.41, 5.74) is 0.486. The molecule has 15 nitrogen and oxygen atoms in total. The summed E-state index contributed by atoms with van der Waals surface area (Å²) in [6.07, 6.45) is 5.87. The number of hydrogen-bond acceptors (Lipinski definition) is 10. The molecular formula is C32H41N5O10. The van der Waals surface area contributed by atoms with Gasteiger partial charge in [-0.2, -0.15) is 0 Å². The number of carbonyl (C=O) groups is 4. The van der Waals surface area contributed by atoms with E-state index in [1.54, 1.807) is 17.0 Å². The molecule has 0 saturated carbocycles. The molecule has 254 valence electrons. The number of carbonyl (C=O) groups excluding carboxylic acids is 3. The lowest BCUT2D eigenvalue weighted by atomic mass is 10.00. The standard InChI is InChI=1S/C32H41N5O10/c1-4-14-46-32(42)37-22-18-24(44-16-9-11-26(38)33-25-19-35(2)28(34-25)31(40)41)23(43-3)17-20(22)29(39)36-13-7-5-10-21(36)30(37)47-27-12-6-8-15-45-27/h4,17-19,21,27,30H,1,5-16H2,2-3H3,(H,33,38)(H,40,41)/t21-,27?,30?/m0/s1. The van der Waals surface area contributed by atoms with E-state index in [4.69, 9.17) is 23.7 Å². The predicted molar refractivity (Wildman–Crippen MR) is 168 cm³/mol. The number of imidazole rings is 1. The zero-order valence-electron chi connectivity index (χ0n) is 26.6. The molecule has 5 rings (SSSR count). The molecule has 0 aliphatic carbocycles. The highest BCUT2D eigenvalue weighted by Crippen LogP contribution is 2.42. The van der Waals surface area contributed by atoms with E-state index in [0.717, 1.165) is 25.7 Å². The number of rotatable bonds is 12. The lowest BCUT2D eigenvalue weighted by Crippen LogP contribution is -2.57. The summed E-state index contributed by atoms with van der Waals surface area (Å²) >= 11 is 0. The van der Waals surface area contributed by atoms with Crippen LogP contribution in [0.2, 0.25) is 0 Å². The molecule has 3 atom stereocenters. The fourth-order valence-corrected chi connectivity index (χ4v) is 6.04. The topological polar surface area (TPSA) is 171 Å². The highest BCUT2D eigenvalue weighted by Gasteiger charge is 2.46. The van der Waals surface area contributed by atoms with Crippen molar-refractivity contribution in [3.8, 4) is 11.5 Å². The van der Waals surface area contributed by atoms with E-state index in [2.05, 4.69) is 16.9 Å². The number of ether oxygens (including phenoxy) is 5. The molecule has 4 heterocycles. The second-order valence-corrected chi connectivity index (χ2v) is 11.5. The second-order valence-electron chi connectivity index (χ2n) is 11.5. The number of benzene rings is 1. The monoisotopic (exact) mass is 655 g/mol. The molecule has 2 saturated heterocycles. The molecule has 2 N–H and O–H groups in total. The summed E-state index contributed by atoms with van der Waals surface area (Å²) in [7, 11) is 2.97. The smallest absolute Gasteiger partial charge is 0.416 e. The number of aromatic carboxylic acids is 1. The number of hydrogen-bond donors (Lipinski definition) is 2. The number of fused-ring (bicyclic) bond motifs is 2. The van der Waals surface area contributed by atoms with Crippen molar-refractivity contribution < 1.29 is 48.0 Å². The third-order valence-electron chi connectivity index (χ3n) is 8.26. The molecular weight excluding hydrogens is 614 g/mol. The van der Waals surface area contributed by atoms with E-state index in [-0.39, 0.29) is 72.3 Å². The van der Waals surface area contributed by atoms with Gasteiger partial charge < -0.3 is 43.6 Å². The van der Waals surface area contributed by atoms with Gasteiger partial charge in [-0.05, 0) is 51.0 Å². The Morgan fingerprint density at radius 2 is 1.98 bits per heavy atom. The van der Waals surface area contributed by atoms with Crippen LogP contribution in [0, 0.1) is 0 Å². The molecule has 3 amide bonds. The number of nitrogens with one attached hydrogen (secondary N) is 1. The van der Waals surface area contributed by atoms with Gasteiger partial charge in [0.1, 0.15) is 6.61 Å². The average molecular weight is 656 g/mol. The lowest BCUT2D eigenvalue weighted by molar-refractivity contribution is -0.198. The van der Waals surface area contributed by atoms with E-state index in [0.29, 0.717) is 26.0 Å². The summed E-state index contributed by atoms with van der Waals surface area (Å²) < 4.78 is 30.9. The number of carboxylic acids is 1. The molecule has 3 aliphatic rings. The zero-order valence-corrected chi connectivity index (χ0v) is 26.6. The summed E-state index contributed by atoms with van der Waals surface area (Å²) in [5, 5.41) is 11.8. The van der Waals surface area contributed by atoms with Gasteiger partial charge in [0.05, 0.1) is 31.0 Å². The van der Waals surface area contributed by atoms with Crippen LogP contribution in [0.3, 0.4) is 0 Å². The van der Waals surface area contributed by atoms with Gasteiger partial charge in [0.25, 0.3) is 5.91 Å². The van der Waals surface area contributed by atoms with Crippen molar-refractivity contribution in [3.05, 3.63) is 42.4 Å². The number of carboxylic acid groups (broad SMARTS) is 1.